The molecule has 2 heteroatoms. The first kappa shape index (κ1) is 12.7. The number of benzene rings is 2. The molecule has 0 bridgehead atoms. The van der Waals surface area contributed by atoms with E-state index in [1.54, 1.807) is 7.11 Å². The van der Waals surface area contributed by atoms with Gasteiger partial charge in [-0.15, -0.1) is 0 Å². The normalized spacial score (nSPS) is 10.4. The van der Waals surface area contributed by atoms with Gasteiger partial charge >= 0.3 is 0 Å². The van der Waals surface area contributed by atoms with Crippen molar-refractivity contribution in [3.8, 4) is 16.9 Å². The maximum absolute atomic E-state index is 5.83. The topological polar surface area (TPSA) is 35.2 Å². The molecule has 0 fully saturated rings. The van der Waals surface area contributed by atoms with E-state index >= 15 is 0 Å². The number of ether oxygens (including phenoxy) is 1. The van der Waals surface area contributed by atoms with Gasteiger partial charge in [0.2, 0.25) is 0 Å². The minimum Gasteiger partial charge on any atom is -0.497 e. The Labute approximate surface area is 108 Å². The van der Waals surface area contributed by atoms with Crippen molar-refractivity contribution in [3.05, 3.63) is 53.1 Å². The third-order valence-electron chi connectivity index (χ3n) is 3.07. The fraction of sp³-hybridized carbons (Fsp3) is 0.250. The maximum Gasteiger partial charge on any atom is 0.119 e. The lowest BCUT2D eigenvalue weighted by Gasteiger charge is -2.11. The molecular formula is C16H19NO. The van der Waals surface area contributed by atoms with Gasteiger partial charge < -0.3 is 10.5 Å². The number of aryl methyl sites for hydroxylation is 2. The van der Waals surface area contributed by atoms with Crippen LogP contribution in [0.5, 0.6) is 5.75 Å². The number of methoxy groups -OCH3 is 1. The van der Waals surface area contributed by atoms with Gasteiger partial charge in [0.15, 0.2) is 0 Å². The highest BCUT2D eigenvalue weighted by molar-refractivity contribution is 5.69. The van der Waals surface area contributed by atoms with Gasteiger partial charge in [0.05, 0.1) is 7.11 Å². The highest BCUT2D eigenvalue weighted by Gasteiger charge is 2.06. The van der Waals surface area contributed by atoms with Crippen LogP contribution in [0.1, 0.15) is 16.7 Å². The molecular weight excluding hydrogens is 222 g/mol. The number of hydrogen-bond acceptors (Lipinski definition) is 2. The van der Waals surface area contributed by atoms with E-state index in [-0.39, 0.29) is 0 Å². The van der Waals surface area contributed by atoms with Crippen LogP contribution in [0.4, 0.5) is 0 Å². The van der Waals surface area contributed by atoms with Crippen molar-refractivity contribution in [3.63, 3.8) is 0 Å². The van der Waals surface area contributed by atoms with Crippen LogP contribution < -0.4 is 10.5 Å². The Morgan fingerprint density at radius 3 is 2.22 bits per heavy atom. The molecule has 2 aromatic rings. The van der Waals surface area contributed by atoms with Crippen LogP contribution in [-0.4, -0.2) is 7.11 Å². The summed E-state index contributed by atoms with van der Waals surface area (Å²) in [5.41, 5.74) is 11.9. The summed E-state index contributed by atoms with van der Waals surface area (Å²) in [4.78, 5) is 0. The molecule has 0 aliphatic rings. The molecule has 0 atom stereocenters. The van der Waals surface area contributed by atoms with Crippen molar-refractivity contribution in [2.24, 2.45) is 5.73 Å². The predicted octanol–water partition coefficient (Wildman–Crippen LogP) is 3.44. The van der Waals surface area contributed by atoms with Gasteiger partial charge in [-0.05, 0) is 42.7 Å². The molecule has 2 nitrogen and oxygen atoms in total. The average Bonchev–Trinajstić information content (AvgIpc) is 2.36. The van der Waals surface area contributed by atoms with Crippen molar-refractivity contribution in [2.45, 2.75) is 20.4 Å². The second-order valence-corrected chi connectivity index (χ2v) is 4.60. The molecule has 2 rings (SSSR count). The highest BCUT2D eigenvalue weighted by Crippen LogP contribution is 2.28. The first-order chi connectivity index (χ1) is 8.63. The zero-order valence-corrected chi connectivity index (χ0v) is 11.2. The summed E-state index contributed by atoms with van der Waals surface area (Å²) in [7, 11) is 1.67. The molecule has 0 aliphatic carbocycles. The highest BCUT2D eigenvalue weighted by atomic mass is 16.5. The Kier molecular flexibility index (Phi) is 3.68. The summed E-state index contributed by atoms with van der Waals surface area (Å²) in [6.45, 7) is 4.74. The molecule has 0 aliphatic heterocycles. The van der Waals surface area contributed by atoms with E-state index in [9.17, 15) is 0 Å². The molecule has 0 saturated carbocycles. The van der Waals surface area contributed by atoms with E-state index in [0.29, 0.717) is 6.54 Å². The lowest BCUT2D eigenvalue weighted by Crippen LogP contribution is -2.00. The Balaban J connectivity index is 2.55. The maximum atomic E-state index is 5.83. The molecule has 2 aromatic carbocycles. The number of hydrogen-bond donors (Lipinski definition) is 1. The third-order valence-corrected chi connectivity index (χ3v) is 3.07. The lowest BCUT2D eigenvalue weighted by atomic mass is 9.96. The molecule has 0 radical (unpaired) electrons. The fourth-order valence-electron chi connectivity index (χ4n) is 2.28. The average molecular weight is 241 g/mol. The Morgan fingerprint density at radius 1 is 1.00 bits per heavy atom. The van der Waals surface area contributed by atoms with Gasteiger partial charge in [-0.1, -0.05) is 35.4 Å². The molecule has 0 saturated heterocycles. The monoisotopic (exact) mass is 241 g/mol. The quantitative estimate of drug-likeness (QED) is 0.893. The third kappa shape index (κ3) is 2.54. The Morgan fingerprint density at radius 2 is 1.67 bits per heavy atom. The van der Waals surface area contributed by atoms with Gasteiger partial charge in [-0.3, -0.25) is 0 Å². The standard InChI is InChI=1S/C16H19NO/c1-11-6-12(2)8-13(7-11)16-5-4-15(18-3)9-14(16)10-17/h4-9H,10,17H2,1-3H3. The lowest BCUT2D eigenvalue weighted by molar-refractivity contribution is 0.414. The molecule has 0 heterocycles. The van der Waals surface area contributed by atoms with Crippen LogP contribution in [0.3, 0.4) is 0 Å². The summed E-state index contributed by atoms with van der Waals surface area (Å²) >= 11 is 0. The first-order valence-corrected chi connectivity index (χ1v) is 6.09. The van der Waals surface area contributed by atoms with E-state index in [1.165, 1.54) is 22.3 Å². The number of rotatable bonds is 3. The molecule has 0 spiro atoms. The zero-order chi connectivity index (χ0) is 13.1. The Bertz CT molecular complexity index is 541. The summed E-state index contributed by atoms with van der Waals surface area (Å²) in [5, 5.41) is 0. The van der Waals surface area contributed by atoms with Crippen LogP contribution in [0.25, 0.3) is 11.1 Å². The van der Waals surface area contributed by atoms with Crippen molar-refractivity contribution >= 4 is 0 Å². The molecule has 18 heavy (non-hydrogen) atoms. The van der Waals surface area contributed by atoms with E-state index in [1.807, 2.05) is 12.1 Å². The van der Waals surface area contributed by atoms with Gasteiger partial charge in [-0.25, -0.2) is 0 Å². The zero-order valence-electron chi connectivity index (χ0n) is 11.2. The number of nitrogens with two attached hydrogens (primary N) is 1. The van der Waals surface area contributed by atoms with Crippen molar-refractivity contribution in [2.75, 3.05) is 7.11 Å². The van der Waals surface area contributed by atoms with Gasteiger partial charge in [0, 0.05) is 6.54 Å². The van der Waals surface area contributed by atoms with E-state index < -0.39 is 0 Å². The second-order valence-electron chi connectivity index (χ2n) is 4.60. The van der Waals surface area contributed by atoms with Gasteiger partial charge in [-0.2, -0.15) is 0 Å². The van der Waals surface area contributed by atoms with Crippen LogP contribution >= 0.6 is 0 Å². The summed E-state index contributed by atoms with van der Waals surface area (Å²) in [6, 6.07) is 12.6. The van der Waals surface area contributed by atoms with Crippen LogP contribution in [0, 0.1) is 13.8 Å². The van der Waals surface area contributed by atoms with E-state index in [0.717, 1.165) is 11.3 Å². The minimum absolute atomic E-state index is 0.513. The first-order valence-electron chi connectivity index (χ1n) is 6.09. The largest absolute Gasteiger partial charge is 0.497 e. The molecule has 2 N–H and O–H groups in total. The molecule has 94 valence electrons. The molecule has 0 amide bonds. The summed E-state index contributed by atoms with van der Waals surface area (Å²) in [6.07, 6.45) is 0. The summed E-state index contributed by atoms with van der Waals surface area (Å²) < 4.78 is 5.24. The smallest absolute Gasteiger partial charge is 0.119 e. The van der Waals surface area contributed by atoms with Crippen molar-refractivity contribution in [1.29, 1.82) is 0 Å². The summed E-state index contributed by atoms with van der Waals surface area (Å²) in [5.74, 6) is 0.851. The van der Waals surface area contributed by atoms with Gasteiger partial charge in [0.1, 0.15) is 5.75 Å². The van der Waals surface area contributed by atoms with Crippen molar-refractivity contribution < 1.29 is 4.74 Å². The van der Waals surface area contributed by atoms with Gasteiger partial charge in [0.25, 0.3) is 0 Å². The van der Waals surface area contributed by atoms with Crippen molar-refractivity contribution in [1.82, 2.24) is 0 Å². The Hall–Kier alpha value is -1.80. The SMILES string of the molecule is COc1ccc(-c2cc(C)cc(C)c2)c(CN)c1. The molecule has 0 aromatic heterocycles. The van der Waals surface area contributed by atoms with E-state index in [4.69, 9.17) is 10.5 Å². The fourth-order valence-corrected chi connectivity index (χ4v) is 2.28. The molecule has 0 unspecified atom stereocenters. The van der Waals surface area contributed by atoms with Crippen LogP contribution in [0.15, 0.2) is 36.4 Å². The second kappa shape index (κ2) is 5.23. The predicted molar refractivity (Wildman–Crippen MR) is 75.8 cm³/mol. The van der Waals surface area contributed by atoms with Crippen LogP contribution in [0.2, 0.25) is 0 Å². The van der Waals surface area contributed by atoms with Crippen LogP contribution in [-0.2, 0) is 6.54 Å². The minimum atomic E-state index is 0.513. The van der Waals surface area contributed by atoms with E-state index in [2.05, 4.69) is 38.1 Å².